The van der Waals surface area contributed by atoms with Crippen LogP contribution in [0.2, 0.25) is 0 Å². The van der Waals surface area contributed by atoms with E-state index in [0.717, 1.165) is 29.4 Å². The number of aliphatic imine (C=N–C) groups is 1. The maximum atomic E-state index is 12.4. The number of hydrogen-bond donors (Lipinski definition) is 1. The van der Waals surface area contributed by atoms with Gasteiger partial charge in [-0.2, -0.15) is 0 Å². The predicted octanol–water partition coefficient (Wildman–Crippen LogP) is 2.59. The van der Waals surface area contributed by atoms with Gasteiger partial charge in [0, 0.05) is 46.2 Å². The van der Waals surface area contributed by atoms with Gasteiger partial charge in [0.2, 0.25) is 0 Å². The van der Waals surface area contributed by atoms with Gasteiger partial charge in [-0.25, -0.2) is 0 Å². The zero-order valence-corrected chi connectivity index (χ0v) is 19.3. The summed E-state index contributed by atoms with van der Waals surface area (Å²) in [5, 5.41) is 3.41. The summed E-state index contributed by atoms with van der Waals surface area (Å²) < 4.78 is 16.7. The van der Waals surface area contributed by atoms with Crippen LogP contribution >= 0.6 is 24.0 Å². The highest BCUT2D eigenvalue weighted by molar-refractivity contribution is 14.0. The van der Waals surface area contributed by atoms with E-state index in [0.29, 0.717) is 51.7 Å². The first kappa shape index (κ1) is 22.3. The third-order valence-electron chi connectivity index (χ3n) is 5.07. The molecule has 4 rings (SSSR count). The van der Waals surface area contributed by atoms with Gasteiger partial charge in [0.15, 0.2) is 23.2 Å². The van der Waals surface area contributed by atoms with Crippen LogP contribution in [0.5, 0.6) is 11.5 Å². The number of carbonyl (C=O) groups excluding carboxylic acids is 1. The Morgan fingerprint density at radius 2 is 1.80 bits per heavy atom. The molecule has 162 valence electrons. The lowest BCUT2D eigenvalue weighted by atomic mass is 10.2. The Kier molecular flexibility index (Phi) is 7.83. The highest BCUT2D eigenvalue weighted by atomic mass is 127. The maximum Gasteiger partial charge on any atom is 0.289 e. The minimum atomic E-state index is -0.0650. The van der Waals surface area contributed by atoms with Crippen LogP contribution in [0, 0.1) is 0 Å². The number of guanidine groups is 1. The average Bonchev–Trinajstić information content (AvgIpc) is 3.20. The van der Waals surface area contributed by atoms with Crippen molar-refractivity contribution in [3.63, 3.8) is 0 Å². The quantitative estimate of drug-likeness (QED) is 0.377. The van der Waals surface area contributed by atoms with Crippen LogP contribution in [-0.4, -0.2) is 68.1 Å². The Morgan fingerprint density at radius 3 is 2.50 bits per heavy atom. The van der Waals surface area contributed by atoms with Gasteiger partial charge in [0.25, 0.3) is 5.91 Å². The molecule has 1 saturated heterocycles. The molecule has 1 aromatic heterocycles. The van der Waals surface area contributed by atoms with Crippen LogP contribution < -0.4 is 14.8 Å². The molecular weight excluding hydrogens is 499 g/mol. The third kappa shape index (κ3) is 5.18. The van der Waals surface area contributed by atoms with Crippen LogP contribution in [0.15, 0.2) is 46.0 Å². The monoisotopic (exact) mass is 526 g/mol. The third-order valence-corrected chi connectivity index (χ3v) is 5.07. The normalized spacial score (nSPS) is 16.5. The number of hydrogen-bond acceptors (Lipinski definition) is 5. The summed E-state index contributed by atoms with van der Waals surface area (Å²) in [5.41, 5.74) is 1.10. The van der Waals surface area contributed by atoms with Gasteiger partial charge in [-0.05, 0) is 29.8 Å². The number of furan rings is 1. The first-order chi connectivity index (χ1) is 14.2. The highest BCUT2D eigenvalue weighted by Crippen LogP contribution is 2.30. The van der Waals surface area contributed by atoms with Gasteiger partial charge in [0.05, 0.1) is 19.5 Å². The Bertz CT molecular complexity index is 864. The molecule has 0 atom stereocenters. The summed E-state index contributed by atoms with van der Waals surface area (Å²) >= 11 is 0. The maximum absolute atomic E-state index is 12.4. The van der Waals surface area contributed by atoms with Crippen molar-refractivity contribution < 1.29 is 18.7 Å². The highest BCUT2D eigenvalue weighted by Gasteiger charge is 2.25. The number of carbonyl (C=O) groups is 1. The summed E-state index contributed by atoms with van der Waals surface area (Å²) in [4.78, 5) is 20.8. The first-order valence-electron chi connectivity index (χ1n) is 9.91. The predicted molar refractivity (Wildman–Crippen MR) is 124 cm³/mol. The Balaban J connectivity index is 0.00000256. The standard InChI is InChI=1S/C21H26N4O4.HI/c1-22-21(23-15-16-5-6-17-19(14-16)29-13-3-12-27-17)25-9-7-24(8-10-25)20(26)18-4-2-11-28-18;/h2,4-6,11,14H,3,7-10,12-13,15H2,1H3,(H,22,23);1H. The molecule has 0 spiro atoms. The number of halogens is 1. The second kappa shape index (κ2) is 10.6. The van der Waals surface area contributed by atoms with Crippen molar-refractivity contribution in [2.24, 2.45) is 4.99 Å². The van der Waals surface area contributed by atoms with Crippen LogP contribution in [-0.2, 0) is 6.54 Å². The molecule has 1 N–H and O–H groups in total. The molecular formula is C21H27IN4O4. The molecule has 0 radical (unpaired) electrons. The Hall–Kier alpha value is -2.43. The first-order valence-corrected chi connectivity index (χ1v) is 9.91. The molecule has 2 aliphatic heterocycles. The van der Waals surface area contributed by atoms with E-state index in [1.807, 2.05) is 23.1 Å². The van der Waals surface area contributed by atoms with Crippen molar-refractivity contribution in [3.8, 4) is 11.5 Å². The zero-order valence-electron chi connectivity index (χ0n) is 17.0. The van der Waals surface area contributed by atoms with Crippen molar-refractivity contribution >= 4 is 35.8 Å². The molecule has 0 aliphatic carbocycles. The second-order valence-corrected chi connectivity index (χ2v) is 6.99. The number of fused-ring (bicyclic) bond motifs is 1. The zero-order chi connectivity index (χ0) is 20.1. The minimum absolute atomic E-state index is 0. The number of benzene rings is 1. The molecule has 1 aromatic carbocycles. The fourth-order valence-corrected chi connectivity index (χ4v) is 3.51. The minimum Gasteiger partial charge on any atom is -0.490 e. The van der Waals surface area contributed by atoms with E-state index in [-0.39, 0.29) is 29.9 Å². The molecule has 0 saturated carbocycles. The van der Waals surface area contributed by atoms with Crippen molar-refractivity contribution in [1.82, 2.24) is 15.1 Å². The topological polar surface area (TPSA) is 79.5 Å². The molecule has 3 heterocycles. The molecule has 0 bridgehead atoms. The summed E-state index contributed by atoms with van der Waals surface area (Å²) in [6, 6.07) is 9.44. The van der Waals surface area contributed by atoms with E-state index in [4.69, 9.17) is 13.9 Å². The van der Waals surface area contributed by atoms with Crippen LogP contribution in [0.4, 0.5) is 0 Å². The molecule has 1 fully saturated rings. The molecule has 2 aliphatic rings. The van der Waals surface area contributed by atoms with Crippen molar-refractivity contribution in [2.75, 3.05) is 46.4 Å². The SMILES string of the molecule is CN=C(NCc1ccc2c(c1)OCCCO2)N1CCN(C(=O)c2ccco2)CC1.I. The van der Waals surface area contributed by atoms with E-state index in [1.165, 1.54) is 6.26 Å². The number of amides is 1. The van der Waals surface area contributed by atoms with Gasteiger partial charge >= 0.3 is 0 Å². The molecule has 0 unspecified atom stereocenters. The lowest BCUT2D eigenvalue weighted by Gasteiger charge is -2.36. The summed E-state index contributed by atoms with van der Waals surface area (Å²) in [5.74, 6) is 2.73. The number of nitrogens with one attached hydrogen (secondary N) is 1. The molecule has 8 nitrogen and oxygen atoms in total. The Morgan fingerprint density at radius 1 is 1.07 bits per heavy atom. The van der Waals surface area contributed by atoms with Crippen LogP contribution in [0.3, 0.4) is 0 Å². The summed E-state index contributed by atoms with van der Waals surface area (Å²) in [6.45, 7) is 4.68. The van der Waals surface area contributed by atoms with Gasteiger partial charge in [-0.15, -0.1) is 24.0 Å². The summed E-state index contributed by atoms with van der Waals surface area (Å²) in [7, 11) is 1.77. The molecule has 9 heteroatoms. The van der Waals surface area contributed by atoms with E-state index in [2.05, 4.69) is 15.2 Å². The molecule has 2 aromatic rings. The van der Waals surface area contributed by atoms with E-state index in [1.54, 1.807) is 19.2 Å². The van der Waals surface area contributed by atoms with Crippen LogP contribution in [0.25, 0.3) is 0 Å². The van der Waals surface area contributed by atoms with E-state index >= 15 is 0 Å². The van der Waals surface area contributed by atoms with Crippen LogP contribution in [0.1, 0.15) is 22.5 Å². The molecule has 30 heavy (non-hydrogen) atoms. The van der Waals surface area contributed by atoms with Gasteiger partial charge in [-0.3, -0.25) is 9.79 Å². The molecule has 1 amide bonds. The van der Waals surface area contributed by atoms with E-state index in [9.17, 15) is 4.79 Å². The summed E-state index contributed by atoms with van der Waals surface area (Å²) in [6.07, 6.45) is 2.41. The lowest BCUT2D eigenvalue weighted by Crippen LogP contribution is -2.53. The van der Waals surface area contributed by atoms with Crippen molar-refractivity contribution in [2.45, 2.75) is 13.0 Å². The lowest BCUT2D eigenvalue weighted by molar-refractivity contribution is 0.0657. The number of ether oxygens (including phenoxy) is 2. The number of piperazine rings is 1. The second-order valence-electron chi connectivity index (χ2n) is 6.99. The smallest absolute Gasteiger partial charge is 0.289 e. The van der Waals surface area contributed by atoms with Crippen molar-refractivity contribution in [3.05, 3.63) is 47.9 Å². The van der Waals surface area contributed by atoms with Gasteiger partial charge in [-0.1, -0.05) is 6.07 Å². The van der Waals surface area contributed by atoms with E-state index < -0.39 is 0 Å². The Labute approximate surface area is 193 Å². The fourth-order valence-electron chi connectivity index (χ4n) is 3.51. The van der Waals surface area contributed by atoms with Crippen molar-refractivity contribution in [1.29, 1.82) is 0 Å². The number of nitrogens with zero attached hydrogens (tertiary/aromatic N) is 3. The largest absolute Gasteiger partial charge is 0.490 e. The fraction of sp³-hybridized carbons (Fsp3) is 0.429. The van der Waals surface area contributed by atoms with Gasteiger partial charge in [0.1, 0.15) is 0 Å². The van der Waals surface area contributed by atoms with Gasteiger partial charge < -0.3 is 29.0 Å². The number of rotatable bonds is 3. The average molecular weight is 526 g/mol.